The number of carbonyl (C=O) groups is 2. The average molecular weight is 212 g/mol. The van der Waals surface area contributed by atoms with E-state index in [0.717, 1.165) is 6.42 Å². The molecule has 4 heteroatoms. The van der Waals surface area contributed by atoms with Crippen molar-refractivity contribution < 1.29 is 9.59 Å². The van der Waals surface area contributed by atoms with Crippen molar-refractivity contribution in [1.29, 1.82) is 0 Å². The van der Waals surface area contributed by atoms with Crippen LogP contribution in [-0.2, 0) is 9.59 Å². The van der Waals surface area contributed by atoms with Gasteiger partial charge in [-0.1, -0.05) is 13.0 Å². The van der Waals surface area contributed by atoms with E-state index >= 15 is 0 Å². The molecule has 4 nitrogen and oxygen atoms in total. The standard InChI is InChI=1S/C11H20N2O2/c1-3-5-7-11(15)13-9-8-12-10(14)6-4-2/h3H,1,4-9H2,2H3,(H,12,14)(H,13,15). The number of nitrogens with one attached hydrogen (secondary N) is 2. The Morgan fingerprint density at radius 2 is 1.67 bits per heavy atom. The maximum absolute atomic E-state index is 11.1. The van der Waals surface area contributed by atoms with Crippen molar-refractivity contribution in [2.75, 3.05) is 13.1 Å². The topological polar surface area (TPSA) is 58.2 Å². The highest BCUT2D eigenvalue weighted by Crippen LogP contribution is 1.88. The van der Waals surface area contributed by atoms with Crippen molar-refractivity contribution in [3.63, 3.8) is 0 Å². The van der Waals surface area contributed by atoms with Gasteiger partial charge < -0.3 is 10.6 Å². The van der Waals surface area contributed by atoms with E-state index in [1.54, 1.807) is 6.08 Å². The van der Waals surface area contributed by atoms with Crippen LogP contribution in [0.5, 0.6) is 0 Å². The van der Waals surface area contributed by atoms with Crippen LogP contribution in [0.2, 0.25) is 0 Å². The van der Waals surface area contributed by atoms with Gasteiger partial charge in [-0.25, -0.2) is 0 Å². The van der Waals surface area contributed by atoms with Crippen LogP contribution >= 0.6 is 0 Å². The Balaban J connectivity index is 3.33. The molecule has 2 N–H and O–H groups in total. The van der Waals surface area contributed by atoms with Gasteiger partial charge in [0.25, 0.3) is 0 Å². The maximum atomic E-state index is 11.1. The minimum Gasteiger partial charge on any atom is -0.354 e. The molecule has 0 aliphatic rings. The van der Waals surface area contributed by atoms with E-state index in [4.69, 9.17) is 0 Å². The van der Waals surface area contributed by atoms with Gasteiger partial charge in [0.05, 0.1) is 0 Å². The molecule has 0 aromatic carbocycles. The normalized spacial score (nSPS) is 9.40. The van der Waals surface area contributed by atoms with E-state index in [9.17, 15) is 9.59 Å². The number of hydrogen-bond donors (Lipinski definition) is 2. The van der Waals surface area contributed by atoms with Crippen LogP contribution in [0.25, 0.3) is 0 Å². The summed E-state index contributed by atoms with van der Waals surface area (Å²) in [6, 6.07) is 0. The van der Waals surface area contributed by atoms with E-state index < -0.39 is 0 Å². The van der Waals surface area contributed by atoms with Gasteiger partial charge in [-0.3, -0.25) is 9.59 Å². The Hall–Kier alpha value is -1.32. The van der Waals surface area contributed by atoms with Gasteiger partial charge in [-0.15, -0.1) is 6.58 Å². The fourth-order valence-electron chi connectivity index (χ4n) is 1.04. The third-order valence-electron chi connectivity index (χ3n) is 1.82. The van der Waals surface area contributed by atoms with E-state index in [1.807, 2.05) is 6.92 Å². The molecule has 0 unspecified atom stereocenters. The minimum absolute atomic E-state index is 0.000333. The first kappa shape index (κ1) is 13.7. The lowest BCUT2D eigenvalue weighted by atomic mass is 10.3. The zero-order valence-electron chi connectivity index (χ0n) is 9.34. The molecule has 15 heavy (non-hydrogen) atoms. The number of hydrogen-bond acceptors (Lipinski definition) is 2. The predicted molar refractivity (Wildman–Crippen MR) is 60.4 cm³/mol. The molecule has 0 aliphatic carbocycles. The molecule has 0 aromatic heterocycles. The number of allylic oxidation sites excluding steroid dienone is 1. The molecule has 86 valence electrons. The number of carbonyl (C=O) groups excluding carboxylic acids is 2. The van der Waals surface area contributed by atoms with Crippen molar-refractivity contribution in [1.82, 2.24) is 10.6 Å². The Morgan fingerprint density at radius 1 is 1.13 bits per heavy atom. The number of amides is 2. The summed E-state index contributed by atoms with van der Waals surface area (Å²) < 4.78 is 0. The van der Waals surface area contributed by atoms with Crippen LogP contribution in [0.3, 0.4) is 0 Å². The van der Waals surface area contributed by atoms with Gasteiger partial charge >= 0.3 is 0 Å². The summed E-state index contributed by atoms with van der Waals surface area (Å²) in [7, 11) is 0. The van der Waals surface area contributed by atoms with Gasteiger partial charge in [0.2, 0.25) is 11.8 Å². The third-order valence-corrected chi connectivity index (χ3v) is 1.82. The first-order valence-corrected chi connectivity index (χ1v) is 5.35. The smallest absolute Gasteiger partial charge is 0.220 e. The van der Waals surface area contributed by atoms with Gasteiger partial charge in [0.15, 0.2) is 0 Å². The third kappa shape index (κ3) is 9.00. The van der Waals surface area contributed by atoms with Crippen molar-refractivity contribution in [3.05, 3.63) is 12.7 Å². The van der Waals surface area contributed by atoms with Crippen LogP contribution in [0.15, 0.2) is 12.7 Å². The zero-order chi connectivity index (χ0) is 11.5. The summed E-state index contributed by atoms with van der Waals surface area (Å²) in [5, 5.41) is 5.43. The molecule has 0 fully saturated rings. The fourth-order valence-corrected chi connectivity index (χ4v) is 1.04. The molecule has 0 aromatic rings. The summed E-state index contributed by atoms with van der Waals surface area (Å²) >= 11 is 0. The minimum atomic E-state index is -0.000333. The molecule has 0 bridgehead atoms. The van der Waals surface area contributed by atoms with Crippen LogP contribution in [-0.4, -0.2) is 24.9 Å². The summed E-state index contributed by atoms with van der Waals surface area (Å²) in [6.45, 7) is 6.48. The van der Waals surface area contributed by atoms with Crippen LogP contribution in [0.4, 0.5) is 0 Å². The molecule has 0 atom stereocenters. The summed E-state index contributed by atoms with van der Waals surface area (Å²) in [6.07, 6.45) is 4.25. The van der Waals surface area contributed by atoms with E-state index in [2.05, 4.69) is 17.2 Å². The van der Waals surface area contributed by atoms with E-state index in [1.165, 1.54) is 0 Å². The first-order valence-electron chi connectivity index (χ1n) is 5.35. The lowest BCUT2D eigenvalue weighted by Gasteiger charge is -2.05. The SMILES string of the molecule is C=CCCC(=O)NCCNC(=O)CCC. The predicted octanol–water partition coefficient (Wildman–Crippen LogP) is 0.985. The Bertz CT molecular complexity index is 215. The fraction of sp³-hybridized carbons (Fsp3) is 0.636. The summed E-state index contributed by atoms with van der Waals surface area (Å²) in [5.74, 6) is 0.0393. The van der Waals surface area contributed by atoms with Gasteiger partial charge in [-0.05, 0) is 12.8 Å². The largest absolute Gasteiger partial charge is 0.354 e. The highest BCUT2D eigenvalue weighted by Gasteiger charge is 2.00. The molecule has 0 aliphatic heterocycles. The maximum Gasteiger partial charge on any atom is 0.220 e. The monoisotopic (exact) mass is 212 g/mol. The Kier molecular flexibility index (Phi) is 8.43. The Morgan fingerprint density at radius 3 is 2.13 bits per heavy atom. The van der Waals surface area contributed by atoms with E-state index in [-0.39, 0.29) is 11.8 Å². The highest BCUT2D eigenvalue weighted by molar-refractivity contribution is 5.77. The molecule has 0 radical (unpaired) electrons. The van der Waals surface area contributed by atoms with Crippen LogP contribution in [0.1, 0.15) is 32.6 Å². The average Bonchev–Trinajstić information content (AvgIpc) is 2.22. The van der Waals surface area contributed by atoms with Crippen molar-refractivity contribution in [2.45, 2.75) is 32.6 Å². The first-order chi connectivity index (χ1) is 7.20. The molecule has 0 saturated carbocycles. The van der Waals surface area contributed by atoms with Gasteiger partial charge in [0.1, 0.15) is 0 Å². The second-order valence-electron chi connectivity index (χ2n) is 3.28. The summed E-state index contributed by atoms with van der Waals surface area (Å²) in [5.41, 5.74) is 0. The van der Waals surface area contributed by atoms with Crippen LogP contribution < -0.4 is 10.6 Å². The number of rotatable bonds is 8. The molecule has 0 heterocycles. The second-order valence-corrected chi connectivity index (χ2v) is 3.28. The van der Waals surface area contributed by atoms with Crippen molar-refractivity contribution in [3.8, 4) is 0 Å². The van der Waals surface area contributed by atoms with Crippen molar-refractivity contribution in [2.24, 2.45) is 0 Å². The lowest BCUT2D eigenvalue weighted by Crippen LogP contribution is -2.34. The summed E-state index contributed by atoms with van der Waals surface area (Å²) in [4.78, 5) is 22.1. The zero-order valence-corrected chi connectivity index (χ0v) is 9.34. The molecular weight excluding hydrogens is 192 g/mol. The van der Waals surface area contributed by atoms with Crippen LogP contribution in [0, 0.1) is 0 Å². The van der Waals surface area contributed by atoms with Crippen molar-refractivity contribution >= 4 is 11.8 Å². The second kappa shape index (κ2) is 9.24. The quantitative estimate of drug-likeness (QED) is 0.465. The van der Waals surface area contributed by atoms with Gasteiger partial charge in [-0.2, -0.15) is 0 Å². The molecule has 0 spiro atoms. The molecule has 0 rings (SSSR count). The molecule has 0 saturated heterocycles. The molecular formula is C11H20N2O2. The van der Waals surface area contributed by atoms with E-state index in [0.29, 0.717) is 32.4 Å². The van der Waals surface area contributed by atoms with Gasteiger partial charge in [0, 0.05) is 25.9 Å². The Labute approximate surface area is 91.1 Å². The highest BCUT2D eigenvalue weighted by atomic mass is 16.2. The molecule has 2 amide bonds. The lowest BCUT2D eigenvalue weighted by molar-refractivity contribution is -0.122.